The van der Waals surface area contributed by atoms with Crippen LogP contribution in [-0.4, -0.2) is 80.7 Å². The fourth-order valence-corrected chi connectivity index (χ4v) is 3.69. The van der Waals surface area contributed by atoms with Gasteiger partial charge in [-0.25, -0.2) is 9.59 Å². The molecule has 2 aromatic rings. The van der Waals surface area contributed by atoms with Gasteiger partial charge in [0.25, 0.3) is 0 Å². The van der Waals surface area contributed by atoms with Crippen molar-refractivity contribution in [2.24, 2.45) is 5.73 Å². The minimum atomic E-state index is -5.08. The number of hydrogen-bond acceptors (Lipinski definition) is 10. The molecule has 0 spiro atoms. The second kappa shape index (κ2) is 15.1. The molecule has 41 heavy (non-hydrogen) atoms. The maximum absolute atomic E-state index is 12.6. The van der Waals surface area contributed by atoms with Gasteiger partial charge < -0.3 is 30.7 Å². The van der Waals surface area contributed by atoms with Gasteiger partial charge in [0.05, 0.1) is 4.92 Å². The summed E-state index contributed by atoms with van der Waals surface area (Å²) >= 11 is 0.970. The van der Waals surface area contributed by atoms with Crippen molar-refractivity contribution in [3.63, 3.8) is 0 Å². The Kier molecular flexibility index (Phi) is 12.6. The van der Waals surface area contributed by atoms with E-state index in [1.807, 2.05) is 0 Å². The summed E-state index contributed by atoms with van der Waals surface area (Å²) < 4.78 is 36.9. The molecular formula is C23H23F3N4O10S. The summed E-state index contributed by atoms with van der Waals surface area (Å²) in [6.07, 6.45) is -3.39. The Morgan fingerprint density at radius 1 is 1.20 bits per heavy atom. The first-order chi connectivity index (χ1) is 19.0. The Morgan fingerprint density at radius 3 is 2.29 bits per heavy atom. The number of carboxylic acid groups (broad SMARTS) is 2. The van der Waals surface area contributed by atoms with Crippen LogP contribution in [0, 0.1) is 15.5 Å². The number of rotatable bonds is 11. The molecule has 0 aliphatic carbocycles. The monoisotopic (exact) mass is 604 g/mol. The van der Waals surface area contributed by atoms with Gasteiger partial charge in [0.2, 0.25) is 11.7 Å². The van der Waals surface area contributed by atoms with Crippen LogP contribution in [0.5, 0.6) is 5.75 Å². The number of amidine groups is 1. The molecule has 1 amide bonds. The van der Waals surface area contributed by atoms with E-state index in [0.29, 0.717) is 4.88 Å². The highest BCUT2D eigenvalue weighted by molar-refractivity contribution is 7.14. The highest BCUT2D eigenvalue weighted by Crippen LogP contribution is 2.30. The zero-order chi connectivity index (χ0) is 31.5. The second-order valence-corrected chi connectivity index (χ2v) is 8.89. The fourth-order valence-electron chi connectivity index (χ4n) is 2.81. The third kappa shape index (κ3) is 11.0. The van der Waals surface area contributed by atoms with Crippen molar-refractivity contribution >= 4 is 52.8 Å². The molecule has 222 valence electrons. The molecule has 0 saturated heterocycles. The molecule has 0 bridgehead atoms. The normalized spacial score (nSPS) is 11.1. The number of carboxylic acids is 2. The largest absolute Gasteiger partial charge is 0.490 e. The van der Waals surface area contributed by atoms with E-state index in [9.17, 15) is 37.7 Å². The zero-order valence-corrected chi connectivity index (χ0v) is 21.8. The first-order valence-electron chi connectivity index (χ1n) is 11.0. The summed E-state index contributed by atoms with van der Waals surface area (Å²) in [4.78, 5) is 57.3. The lowest BCUT2D eigenvalue weighted by Gasteiger charge is -2.20. The number of nitro groups is 1. The average Bonchev–Trinajstić information content (AvgIpc) is 3.34. The number of nitrogens with one attached hydrogen (secondary N) is 1. The number of esters is 1. The van der Waals surface area contributed by atoms with Crippen LogP contribution < -0.4 is 10.5 Å². The Labute approximate surface area is 232 Å². The lowest BCUT2D eigenvalue weighted by Crippen LogP contribution is -2.37. The third-order valence-corrected chi connectivity index (χ3v) is 5.65. The molecule has 0 aliphatic rings. The first kappa shape index (κ1) is 34.2. The van der Waals surface area contributed by atoms with E-state index in [0.717, 1.165) is 22.3 Å². The van der Waals surface area contributed by atoms with Crippen LogP contribution in [0.1, 0.15) is 33.5 Å². The Hall–Kier alpha value is -4.84. The Bertz CT molecular complexity index is 1360. The number of nitrogens with two attached hydrogens (primary N) is 1. The molecule has 18 heteroatoms. The molecule has 0 aliphatic heterocycles. The van der Waals surface area contributed by atoms with Gasteiger partial charge in [0.1, 0.15) is 17.3 Å². The van der Waals surface area contributed by atoms with Gasteiger partial charge in [-0.15, -0.1) is 11.3 Å². The smallest absolute Gasteiger partial charge is 0.480 e. The number of nitro benzene ring substituents is 1. The van der Waals surface area contributed by atoms with Crippen molar-refractivity contribution in [1.82, 2.24) is 4.90 Å². The number of hydrogen-bond donors (Lipinski definition) is 5. The lowest BCUT2D eigenvalue weighted by atomic mass is 10.1. The highest BCUT2D eigenvalue weighted by Gasteiger charge is 2.38. The molecule has 0 unspecified atom stereocenters. The standard InChI is InChI=1S/C21H22N4O8S.C2HF3O2/c1-12(20(29)24(7-2-8-26)11-18(27)28)9-14-4-6-17(34-14)21(30)33-16-5-3-13(19(22)23)10-15(16)25(31)32;3-2(4,5)1(6)7/h3-6,9-10,26H,2,7-8,11H2,1H3,(H3,22,23)(H,27,28);(H,6,7)/b12-9+;. The van der Waals surface area contributed by atoms with Crippen LogP contribution >= 0.6 is 11.3 Å². The minimum absolute atomic E-state index is 0.0655. The Balaban J connectivity index is 0.00000106. The van der Waals surface area contributed by atoms with E-state index in [2.05, 4.69) is 0 Å². The molecule has 0 saturated carbocycles. The fraction of sp³-hybridized carbons (Fsp3) is 0.261. The number of halogens is 3. The topological polar surface area (TPSA) is 234 Å². The summed E-state index contributed by atoms with van der Waals surface area (Å²) in [5.74, 6) is -6.03. The van der Waals surface area contributed by atoms with Crippen molar-refractivity contribution in [3.8, 4) is 5.75 Å². The van der Waals surface area contributed by atoms with Crippen LogP contribution in [0.15, 0.2) is 35.9 Å². The lowest BCUT2D eigenvalue weighted by molar-refractivity contribution is -0.385. The van der Waals surface area contributed by atoms with Crippen molar-refractivity contribution in [3.05, 3.63) is 61.3 Å². The summed E-state index contributed by atoms with van der Waals surface area (Å²) in [5, 5.41) is 43.8. The van der Waals surface area contributed by atoms with Gasteiger partial charge >= 0.3 is 29.8 Å². The number of carbonyl (C=O) groups excluding carboxylic acids is 2. The number of aliphatic hydroxyl groups excluding tert-OH is 1. The number of aliphatic hydroxyl groups is 1. The number of amides is 1. The Morgan fingerprint density at radius 2 is 1.80 bits per heavy atom. The van der Waals surface area contributed by atoms with Crippen LogP contribution in [0.4, 0.5) is 18.9 Å². The molecule has 6 N–H and O–H groups in total. The number of benzene rings is 1. The number of aliphatic carboxylic acids is 2. The number of ether oxygens (including phenoxy) is 1. The molecule has 1 heterocycles. The molecule has 0 fully saturated rings. The number of alkyl halides is 3. The average molecular weight is 605 g/mol. The van der Waals surface area contributed by atoms with Gasteiger partial charge in [-0.05, 0) is 43.7 Å². The van der Waals surface area contributed by atoms with E-state index in [-0.39, 0.29) is 47.2 Å². The van der Waals surface area contributed by atoms with E-state index in [1.54, 1.807) is 6.07 Å². The number of carbonyl (C=O) groups is 4. The van der Waals surface area contributed by atoms with Crippen LogP contribution in [0.2, 0.25) is 0 Å². The molecule has 1 aromatic carbocycles. The molecule has 0 atom stereocenters. The molecule has 2 rings (SSSR count). The van der Waals surface area contributed by atoms with Gasteiger partial charge in [-0.1, -0.05) is 0 Å². The SMILES string of the molecule is C/C(=C\c1ccc(C(=O)Oc2ccc(C(=N)N)cc2[N+](=O)[O-])s1)C(=O)N(CCCO)CC(=O)O.O=C(O)C(F)(F)F. The second-order valence-electron chi connectivity index (χ2n) is 7.77. The number of nitrogens with zero attached hydrogens (tertiary/aromatic N) is 2. The van der Waals surface area contributed by atoms with Crippen molar-refractivity contribution < 1.29 is 57.3 Å². The first-order valence-corrected chi connectivity index (χ1v) is 11.8. The summed E-state index contributed by atoms with van der Waals surface area (Å²) in [6.45, 7) is 0.842. The van der Waals surface area contributed by atoms with E-state index in [4.69, 9.17) is 36.0 Å². The molecular weight excluding hydrogens is 581 g/mol. The summed E-state index contributed by atoms with van der Waals surface area (Å²) in [7, 11) is 0. The quantitative estimate of drug-likeness (QED) is 0.0475. The highest BCUT2D eigenvalue weighted by atomic mass is 32.1. The predicted molar refractivity (Wildman–Crippen MR) is 137 cm³/mol. The molecule has 14 nitrogen and oxygen atoms in total. The minimum Gasteiger partial charge on any atom is -0.480 e. The number of nitrogen functional groups attached to an aromatic ring is 1. The van der Waals surface area contributed by atoms with E-state index < -0.39 is 47.1 Å². The maximum atomic E-state index is 12.6. The summed E-state index contributed by atoms with van der Waals surface area (Å²) in [5.41, 5.74) is 5.13. The van der Waals surface area contributed by atoms with E-state index >= 15 is 0 Å². The van der Waals surface area contributed by atoms with Gasteiger partial charge in [-0.3, -0.25) is 25.1 Å². The van der Waals surface area contributed by atoms with Crippen LogP contribution in [-0.2, 0) is 14.4 Å². The number of thiophene rings is 1. The zero-order valence-electron chi connectivity index (χ0n) is 21.0. The maximum Gasteiger partial charge on any atom is 0.490 e. The van der Waals surface area contributed by atoms with Gasteiger partial charge in [-0.2, -0.15) is 13.2 Å². The predicted octanol–water partition coefficient (Wildman–Crippen LogP) is 2.49. The summed E-state index contributed by atoms with van der Waals surface area (Å²) in [6, 6.07) is 6.48. The van der Waals surface area contributed by atoms with Gasteiger partial charge in [0, 0.05) is 35.2 Å². The van der Waals surface area contributed by atoms with Crippen LogP contribution in [0.25, 0.3) is 6.08 Å². The molecule has 1 aromatic heterocycles. The third-order valence-electron chi connectivity index (χ3n) is 4.64. The van der Waals surface area contributed by atoms with Crippen molar-refractivity contribution in [2.45, 2.75) is 19.5 Å². The van der Waals surface area contributed by atoms with Crippen LogP contribution in [0.3, 0.4) is 0 Å². The van der Waals surface area contributed by atoms with Crippen molar-refractivity contribution in [1.29, 1.82) is 5.41 Å². The molecule has 0 radical (unpaired) electrons. The van der Waals surface area contributed by atoms with E-state index in [1.165, 1.54) is 31.2 Å². The van der Waals surface area contributed by atoms with Crippen molar-refractivity contribution in [2.75, 3.05) is 19.7 Å². The van der Waals surface area contributed by atoms with Gasteiger partial charge in [0.15, 0.2) is 0 Å².